The molecule has 3 N–H and O–H groups in total. The Morgan fingerprint density at radius 1 is 1.38 bits per heavy atom. The van der Waals surface area contributed by atoms with Crippen LogP contribution in [0, 0.1) is 5.92 Å². The molecule has 0 aromatic rings. The first-order chi connectivity index (χ1) is 5.88. The summed E-state index contributed by atoms with van der Waals surface area (Å²) < 4.78 is 0. The number of amides is 1. The number of carbonyl (C=O) groups is 1. The van der Waals surface area contributed by atoms with Crippen LogP contribution in [0.15, 0.2) is 0 Å². The Bertz CT molecular complexity index is 196. The van der Waals surface area contributed by atoms with Crippen molar-refractivity contribution in [1.82, 2.24) is 5.32 Å². The number of rotatable bonds is 1. The van der Waals surface area contributed by atoms with Crippen LogP contribution in [0.3, 0.4) is 0 Å². The molecule has 3 heteroatoms. The summed E-state index contributed by atoms with van der Waals surface area (Å²) in [6.45, 7) is 6.00. The van der Waals surface area contributed by atoms with Gasteiger partial charge in [0.1, 0.15) is 0 Å². The Kier molecular flexibility index (Phi) is 2.96. The lowest BCUT2D eigenvalue weighted by atomic mass is 10.0. The first kappa shape index (κ1) is 10.5. The minimum atomic E-state index is -0.121. The van der Waals surface area contributed by atoms with Crippen molar-refractivity contribution < 1.29 is 4.79 Å². The molecule has 1 saturated carbocycles. The zero-order chi connectivity index (χ0) is 10.1. The summed E-state index contributed by atoms with van der Waals surface area (Å²) in [4.78, 5) is 11.6. The maximum absolute atomic E-state index is 11.6. The van der Waals surface area contributed by atoms with Gasteiger partial charge in [0.05, 0.1) is 0 Å². The molecule has 1 fully saturated rings. The summed E-state index contributed by atoms with van der Waals surface area (Å²) in [7, 11) is 0. The van der Waals surface area contributed by atoms with Gasteiger partial charge in [0, 0.05) is 17.5 Å². The van der Waals surface area contributed by atoms with E-state index in [1.54, 1.807) is 0 Å². The quantitative estimate of drug-likeness (QED) is 0.639. The summed E-state index contributed by atoms with van der Waals surface area (Å²) >= 11 is 0. The molecular formula is C10H20N2O. The maximum Gasteiger partial charge on any atom is 0.223 e. The highest BCUT2D eigenvalue weighted by atomic mass is 16.2. The molecule has 0 aromatic heterocycles. The molecule has 3 nitrogen and oxygen atoms in total. The van der Waals surface area contributed by atoms with E-state index < -0.39 is 0 Å². The van der Waals surface area contributed by atoms with Gasteiger partial charge in [-0.25, -0.2) is 0 Å². The first-order valence-corrected chi connectivity index (χ1v) is 4.96. The van der Waals surface area contributed by atoms with E-state index in [4.69, 9.17) is 5.73 Å². The zero-order valence-electron chi connectivity index (χ0n) is 8.76. The summed E-state index contributed by atoms with van der Waals surface area (Å²) in [5.74, 6) is 0.315. The van der Waals surface area contributed by atoms with Crippen LogP contribution in [-0.4, -0.2) is 17.5 Å². The maximum atomic E-state index is 11.6. The van der Waals surface area contributed by atoms with Gasteiger partial charge in [-0.15, -0.1) is 0 Å². The predicted octanol–water partition coefficient (Wildman–Crippen LogP) is 1.03. The Morgan fingerprint density at radius 3 is 2.38 bits per heavy atom. The fourth-order valence-corrected chi connectivity index (χ4v) is 1.73. The molecule has 0 bridgehead atoms. The molecule has 1 rings (SSSR count). The van der Waals surface area contributed by atoms with Crippen LogP contribution >= 0.6 is 0 Å². The number of nitrogens with one attached hydrogen (secondary N) is 1. The van der Waals surface area contributed by atoms with Gasteiger partial charge in [-0.3, -0.25) is 4.79 Å². The van der Waals surface area contributed by atoms with Crippen molar-refractivity contribution in [3.8, 4) is 0 Å². The second-order valence-corrected chi connectivity index (χ2v) is 5.01. The standard InChI is InChI=1S/C10H20N2O/c1-10(2,3)12-9(13)7-4-5-8(11)6-7/h7-8H,4-6,11H2,1-3H3,(H,12,13). The van der Waals surface area contributed by atoms with E-state index in [1.165, 1.54) is 0 Å². The third-order valence-electron chi connectivity index (χ3n) is 2.34. The van der Waals surface area contributed by atoms with E-state index in [0.29, 0.717) is 0 Å². The van der Waals surface area contributed by atoms with E-state index in [2.05, 4.69) is 5.32 Å². The second kappa shape index (κ2) is 3.66. The highest BCUT2D eigenvalue weighted by Gasteiger charge is 2.29. The lowest BCUT2D eigenvalue weighted by molar-refractivity contribution is -0.126. The van der Waals surface area contributed by atoms with E-state index in [1.807, 2.05) is 20.8 Å². The van der Waals surface area contributed by atoms with E-state index in [-0.39, 0.29) is 23.4 Å². The lowest BCUT2D eigenvalue weighted by Gasteiger charge is -2.22. The molecule has 0 spiro atoms. The van der Waals surface area contributed by atoms with Crippen LogP contribution in [0.5, 0.6) is 0 Å². The number of nitrogens with two attached hydrogens (primary N) is 1. The van der Waals surface area contributed by atoms with Crippen LogP contribution in [0.25, 0.3) is 0 Å². The molecule has 2 unspecified atom stereocenters. The smallest absolute Gasteiger partial charge is 0.223 e. The topological polar surface area (TPSA) is 55.1 Å². The van der Waals surface area contributed by atoms with Crippen molar-refractivity contribution >= 4 is 5.91 Å². The predicted molar refractivity (Wildman–Crippen MR) is 53.2 cm³/mol. The van der Waals surface area contributed by atoms with Crippen LogP contribution in [-0.2, 0) is 4.79 Å². The number of hydrogen-bond acceptors (Lipinski definition) is 2. The third-order valence-corrected chi connectivity index (χ3v) is 2.34. The molecule has 13 heavy (non-hydrogen) atoms. The molecule has 1 amide bonds. The minimum absolute atomic E-state index is 0.121. The average molecular weight is 184 g/mol. The van der Waals surface area contributed by atoms with E-state index in [0.717, 1.165) is 19.3 Å². The molecule has 0 heterocycles. The first-order valence-electron chi connectivity index (χ1n) is 4.96. The Labute approximate surface area is 80.1 Å². The minimum Gasteiger partial charge on any atom is -0.351 e. The van der Waals surface area contributed by atoms with E-state index >= 15 is 0 Å². The van der Waals surface area contributed by atoms with Crippen LogP contribution in [0.2, 0.25) is 0 Å². The normalized spacial score (nSPS) is 28.9. The van der Waals surface area contributed by atoms with Gasteiger partial charge >= 0.3 is 0 Å². The number of carbonyl (C=O) groups excluding carboxylic acids is 1. The van der Waals surface area contributed by atoms with Crippen molar-refractivity contribution in [2.45, 2.75) is 51.6 Å². The van der Waals surface area contributed by atoms with Gasteiger partial charge in [0.25, 0.3) is 0 Å². The highest BCUT2D eigenvalue weighted by Crippen LogP contribution is 2.24. The molecule has 0 saturated heterocycles. The third kappa shape index (κ3) is 3.35. The fourth-order valence-electron chi connectivity index (χ4n) is 1.73. The van der Waals surface area contributed by atoms with Gasteiger partial charge in [-0.1, -0.05) is 0 Å². The van der Waals surface area contributed by atoms with Gasteiger partial charge in [-0.2, -0.15) is 0 Å². The number of hydrogen-bond donors (Lipinski definition) is 2. The molecule has 0 aromatic carbocycles. The van der Waals surface area contributed by atoms with Crippen molar-refractivity contribution in [2.24, 2.45) is 11.7 Å². The molecule has 1 aliphatic carbocycles. The largest absolute Gasteiger partial charge is 0.351 e. The Morgan fingerprint density at radius 2 is 2.00 bits per heavy atom. The van der Waals surface area contributed by atoms with Crippen LogP contribution in [0.4, 0.5) is 0 Å². The van der Waals surface area contributed by atoms with Gasteiger partial charge in [0.2, 0.25) is 5.91 Å². The Hall–Kier alpha value is -0.570. The molecule has 0 aliphatic heterocycles. The fraction of sp³-hybridized carbons (Fsp3) is 0.900. The summed E-state index contributed by atoms with van der Waals surface area (Å²) in [6.07, 6.45) is 2.78. The van der Waals surface area contributed by atoms with Crippen LogP contribution in [0.1, 0.15) is 40.0 Å². The molecular weight excluding hydrogens is 164 g/mol. The average Bonchev–Trinajstić information content (AvgIpc) is 2.31. The molecule has 0 radical (unpaired) electrons. The summed E-state index contributed by atoms with van der Waals surface area (Å²) in [5.41, 5.74) is 5.63. The van der Waals surface area contributed by atoms with Crippen LogP contribution < -0.4 is 11.1 Å². The van der Waals surface area contributed by atoms with Gasteiger partial charge < -0.3 is 11.1 Å². The summed E-state index contributed by atoms with van der Waals surface area (Å²) in [5, 5.41) is 2.99. The van der Waals surface area contributed by atoms with Crippen molar-refractivity contribution in [1.29, 1.82) is 0 Å². The van der Waals surface area contributed by atoms with Crippen molar-refractivity contribution in [3.05, 3.63) is 0 Å². The molecule has 76 valence electrons. The monoisotopic (exact) mass is 184 g/mol. The second-order valence-electron chi connectivity index (χ2n) is 5.01. The zero-order valence-corrected chi connectivity index (χ0v) is 8.76. The summed E-state index contributed by atoms with van der Waals surface area (Å²) in [6, 6.07) is 0.232. The van der Waals surface area contributed by atoms with Crippen molar-refractivity contribution in [3.63, 3.8) is 0 Å². The van der Waals surface area contributed by atoms with Gasteiger partial charge in [-0.05, 0) is 40.0 Å². The molecule has 2 atom stereocenters. The lowest BCUT2D eigenvalue weighted by Crippen LogP contribution is -2.43. The SMILES string of the molecule is CC(C)(C)NC(=O)C1CCC(N)C1. The van der Waals surface area contributed by atoms with E-state index in [9.17, 15) is 4.79 Å². The highest BCUT2D eigenvalue weighted by molar-refractivity contribution is 5.79. The van der Waals surface area contributed by atoms with Gasteiger partial charge in [0.15, 0.2) is 0 Å². The van der Waals surface area contributed by atoms with Crippen molar-refractivity contribution in [2.75, 3.05) is 0 Å². The molecule has 1 aliphatic rings. The Balaban J connectivity index is 2.41.